The molecule has 23 heavy (non-hydrogen) atoms. The first-order chi connectivity index (χ1) is 10.7. The number of hydrogen-bond acceptors (Lipinski definition) is 5. The molecule has 130 valence electrons. The zero-order valence-corrected chi connectivity index (χ0v) is 16.1. The van der Waals surface area contributed by atoms with Crippen LogP contribution in [0.2, 0.25) is 18.1 Å². The van der Waals surface area contributed by atoms with Crippen LogP contribution in [0.5, 0.6) is 5.75 Å². The highest BCUT2D eigenvalue weighted by Crippen LogP contribution is 2.36. The number of aromatic nitrogens is 1. The minimum Gasteiger partial charge on any atom is -0.487 e. The number of likely N-dealkylation sites (tertiary alicyclic amines) is 1. The van der Waals surface area contributed by atoms with Gasteiger partial charge in [0.1, 0.15) is 17.7 Å². The van der Waals surface area contributed by atoms with Crippen LogP contribution in [0.3, 0.4) is 0 Å². The second kappa shape index (κ2) is 7.19. The fourth-order valence-electron chi connectivity index (χ4n) is 2.40. The van der Waals surface area contributed by atoms with Gasteiger partial charge in [-0.2, -0.15) is 0 Å². The van der Waals surface area contributed by atoms with Crippen molar-refractivity contribution in [1.29, 1.82) is 0 Å². The summed E-state index contributed by atoms with van der Waals surface area (Å²) in [7, 11) is -1.64. The van der Waals surface area contributed by atoms with E-state index >= 15 is 0 Å². The van der Waals surface area contributed by atoms with Crippen LogP contribution in [0, 0.1) is 0 Å². The van der Waals surface area contributed by atoms with E-state index in [9.17, 15) is 0 Å². The van der Waals surface area contributed by atoms with Crippen molar-refractivity contribution in [2.24, 2.45) is 0 Å². The quantitative estimate of drug-likeness (QED) is 0.808. The minimum atomic E-state index is -1.64. The molecule has 0 bridgehead atoms. The molecule has 0 amide bonds. The third-order valence-corrected chi connectivity index (χ3v) is 9.51. The summed E-state index contributed by atoms with van der Waals surface area (Å²) in [4.78, 5) is 6.48. The maximum Gasteiger partial charge on any atom is 0.192 e. The van der Waals surface area contributed by atoms with E-state index in [2.05, 4.69) is 43.7 Å². The molecule has 0 aromatic carbocycles. The molecule has 0 radical (unpaired) electrons. The van der Waals surface area contributed by atoms with Gasteiger partial charge >= 0.3 is 0 Å². The van der Waals surface area contributed by atoms with Gasteiger partial charge in [-0.05, 0) is 36.7 Å². The lowest BCUT2D eigenvalue weighted by Gasteiger charge is -2.36. The molecule has 2 heterocycles. The number of pyridine rings is 1. The fraction of sp³-hybridized carbons (Fsp3) is 0.706. The van der Waals surface area contributed by atoms with E-state index in [0.717, 1.165) is 38.4 Å². The van der Waals surface area contributed by atoms with Gasteiger partial charge in [-0.3, -0.25) is 4.90 Å². The van der Waals surface area contributed by atoms with E-state index in [-0.39, 0.29) is 11.1 Å². The van der Waals surface area contributed by atoms with Gasteiger partial charge in [0.15, 0.2) is 8.32 Å². The molecule has 1 fully saturated rings. The summed E-state index contributed by atoms with van der Waals surface area (Å²) in [6.45, 7) is 15.2. The van der Waals surface area contributed by atoms with Crippen molar-refractivity contribution < 1.29 is 9.16 Å². The van der Waals surface area contributed by atoms with E-state index in [1.165, 1.54) is 0 Å². The second-order valence-electron chi connectivity index (χ2n) is 7.86. The topological polar surface area (TPSA) is 60.6 Å². The molecule has 6 heteroatoms. The van der Waals surface area contributed by atoms with Gasteiger partial charge in [0.05, 0.1) is 6.20 Å². The highest BCUT2D eigenvalue weighted by Gasteiger charge is 2.37. The van der Waals surface area contributed by atoms with Crippen LogP contribution < -0.4 is 10.5 Å². The van der Waals surface area contributed by atoms with Crippen LogP contribution in [0.1, 0.15) is 27.2 Å². The Balaban J connectivity index is 1.72. The molecule has 1 aromatic heterocycles. The summed E-state index contributed by atoms with van der Waals surface area (Å²) >= 11 is 0. The van der Waals surface area contributed by atoms with Crippen molar-refractivity contribution in [1.82, 2.24) is 9.88 Å². The van der Waals surface area contributed by atoms with Gasteiger partial charge in [-0.1, -0.05) is 20.8 Å². The van der Waals surface area contributed by atoms with Crippen molar-refractivity contribution in [2.75, 3.05) is 32.0 Å². The molecular weight excluding hydrogens is 306 g/mol. The first kappa shape index (κ1) is 18.2. The van der Waals surface area contributed by atoms with Crippen molar-refractivity contribution in [3.8, 4) is 5.75 Å². The molecule has 1 atom stereocenters. The highest BCUT2D eigenvalue weighted by molar-refractivity contribution is 6.74. The molecule has 1 saturated heterocycles. The van der Waals surface area contributed by atoms with E-state index in [0.29, 0.717) is 5.82 Å². The van der Waals surface area contributed by atoms with Crippen LogP contribution in [0.4, 0.5) is 5.82 Å². The predicted octanol–water partition coefficient (Wildman–Crippen LogP) is 3.14. The number of nitrogens with two attached hydrogens (primary N) is 1. The van der Waals surface area contributed by atoms with Crippen LogP contribution in [-0.2, 0) is 4.43 Å². The molecule has 2 rings (SSSR count). The summed E-state index contributed by atoms with van der Waals surface area (Å²) in [6.07, 6.45) is 2.97. The van der Waals surface area contributed by atoms with Gasteiger partial charge < -0.3 is 14.9 Å². The van der Waals surface area contributed by atoms with Gasteiger partial charge in [0.25, 0.3) is 0 Å². The van der Waals surface area contributed by atoms with Crippen molar-refractivity contribution in [3.05, 3.63) is 18.3 Å². The van der Waals surface area contributed by atoms with Crippen molar-refractivity contribution >= 4 is 14.1 Å². The summed E-state index contributed by atoms with van der Waals surface area (Å²) in [5.74, 6) is 1.32. The number of anilines is 1. The van der Waals surface area contributed by atoms with Gasteiger partial charge in [0.2, 0.25) is 0 Å². The molecular formula is C17H31N3O2Si. The molecule has 0 spiro atoms. The lowest BCUT2D eigenvalue weighted by molar-refractivity contribution is 0.182. The maximum atomic E-state index is 6.26. The number of nitrogens with zero attached hydrogens (tertiary/aromatic N) is 2. The Hall–Kier alpha value is -1.11. The first-order valence-electron chi connectivity index (χ1n) is 8.42. The first-order valence-corrected chi connectivity index (χ1v) is 11.3. The monoisotopic (exact) mass is 337 g/mol. The molecule has 1 aliphatic rings. The number of hydrogen-bond donors (Lipinski definition) is 1. The Morgan fingerprint density at radius 2 is 2.09 bits per heavy atom. The molecule has 1 aliphatic heterocycles. The molecule has 0 aliphatic carbocycles. The zero-order valence-electron chi connectivity index (χ0n) is 15.1. The normalized spacial score (nSPS) is 20.0. The third-order valence-electron chi connectivity index (χ3n) is 4.97. The average Bonchev–Trinajstić information content (AvgIpc) is 2.87. The average molecular weight is 338 g/mol. The minimum absolute atomic E-state index is 0.230. The van der Waals surface area contributed by atoms with Crippen molar-refractivity contribution in [3.63, 3.8) is 0 Å². The number of ether oxygens (including phenoxy) is 1. The van der Waals surface area contributed by atoms with E-state index < -0.39 is 8.32 Å². The molecule has 0 unspecified atom stereocenters. The van der Waals surface area contributed by atoms with Gasteiger partial charge in [-0.25, -0.2) is 4.98 Å². The smallest absolute Gasteiger partial charge is 0.192 e. The van der Waals surface area contributed by atoms with Crippen LogP contribution in [0.25, 0.3) is 0 Å². The Bertz CT molecular complexity index is 500. The van der Waals surface area contributed by atoms with Crippen molar-refractivity contribution in [2.45, 2.75) is 51.4 Å². The molecule has 0 saturated carbocycles. The summed E-state index contributed by atoms with van der Waals surface area (Å²) in [5, 5.41) is 0.270. The fourth-order valence-corrected chi connectivity index (χ4v) is 3.43. The van der Waals surface area contributed by atoms with Gasteiger partial charge in [-0.15, -0.1) is 0 Å². The summed E-state index contributed by atoms with van der Waals surface area (Å²) in [5.41, 5.74) is 5.59. The number of nitrogen functional groups attached to an aromatic ring is 1. The van der Waals surface area contributed by atoms with E-state index in [1.54, 1.807) is 12.3 Å². The molecule has 5 nitrogen and oxygen atoms in total. The third kappa shape index (κ3) is 5.19. The van der Waals surface area contributed by atoms with E-state index in [4.69, 9.17) is 14.9 Å². The molecule has 2 N–H and O–H groups in total. The summed E-state index contributed by atoms with van der Waals surface area (Å²) < 4.78 is 12.2. The SMILES string of the molecule is CC(C)(C)[Si](C)(C)OCCN1CC[C@@H](Oc2ccc(N)nc2)C1. The Kier molecular flexibility index (Phi) is 5.70. The predicted molar refractivity (Wildman–Crippen MR) is 97.3 cm³/mol. The summed E-state index contributed by atoms with van der Waals surface area (Å²) in [6, 6.07) is 3.65. The van der Waals surface area contributed by atoms with Crippen LogP contribution in [0.15, 0.2) is 18.3 Å². The van der Waals surface area contributed by atoms with E-state index in [1.807, 2.05) is 6.07 Å². The molecule has 1 aromatic rings. The zero-order chi connectivity index (χ0) is 17.1. The van der Waals surface area contributed by atoms with Gasteiger partial charge in [0, 0.05) is 26.2 Å². The Morgan fingerprint density at radius 1 is 1.35 bits per heavy atom. The lowest BCUT2D eigenvalue weighted by atomic mass is 10.2. The second-order valence-corrected chi connectivity index (χ2v) is 12.7. The maximum absolute atomic E-state index is 6.26. The Morgan fingerprint density at radius 3 is 2.70 bits per heavy atom. The van der Waals surface area contributed by atoms with Crippen LogP contribution in [-0.4, -0.2) is 50.5 Å². The highest BCUT2D eigenvalue weighted by atomic mass is 28.4. The Labute approximate surface area is 141 Å². The largest absolute Gasteiger partial charge is 0.487 e. The lowest BCUT2D eigenvalue weighted by Crippen LogP contribution is -2.42. The van der Waals surface area contributed by atoms with Crippen LogP contribution >= 0.6 is 0 Å². The standard InChI is InChI=1S/C17H31N3O2Si/c1-17(2,3)23(4,5)21-11-10-20-9-8-15(13-20)22-14-6-7-16(18)19-12-14/h6-7,12,15H,8-11,13H2,1-5H3,(H2,18,19)/t15-/m1/s1. The number of rotatable bonds is 6.